The van der Waals surface area contributed by atoms with Gasteiger partial charge in [0.25, 0.3) is 5.69 Å². The number of carbonyl (C=O) groups is 1. The Morgan fingerprint density at radius 1 is 1.08 bits per heavy atom. The van der Waals surface area contributed by atoms with Crippen molar-refractivity contribution in [1.82, 2.24) is 0 Å². The molecule has 0 aliphatic carbocycles. The number of para-hydroxylation sites is 1. The van der Waals surface area contributed by atoms with Crippen LogP contribution < -0.4 is 5.32 Å². The largest absolute Gasteiger partial charge is 0.457 e. The maximum Gasteiger partial charge on any atom is 0.269 e. The number of furan rings is 1. The Morgan fingerprint density at radius 2 is 1.81 bits per heavy atom. The summed E-state index contributed by atoms with van der Waals surface area (Å²) in [6.45, 7) is 1.92. The molecular weight excluding hydrogens is 332 g/mol. The van der Waals surface area contributed by atoms with E-state index < -0.39 is 4.92 Å². The third-order valence-corrected chi connectivity index (χ3v) is 3.79. The first-order chi connectivity index (χ1) is 12.5. The summed E-state index contributed by atoms with van der Waals surface area (Å²) in [4.78, 5) is 22.3. The Bertz CT molecular complexity index is 971. The fourth-order valence-corrected chi connectivity index (χ4v) is 2.39. The number of aryl methyl sites for hydroxylation is 1. The van der Waals surface area contributed by atoms with Gasteiger partial charge < -0.3 is 9.73 Å². The van der Waals surface area contributed by atoms with E-state index >= 15 is 0 Å². The Hall–Kier alpha value is -3.67. The van der Waals surface area contributed by atoms with Crippen molar-refractivity contribution in [1.29, 1.82) is 0 Å². The normalized spacial score (nSPS) is 10.8. The number of amides is 1. The van der Waals surface area contributed by atoms with Crippen molar-refractivity contribution in [2.45, 2.75) is 6.92 Å². The van der Waals surface area contributed by atoms with E-state index in [1.165, 1.54) is 18.2 Å². The molecule has 0 fully saturated rings. The van der Waals surface area contributed by atoms with Crippen LogP contribution in [-0.2, 0) is 4.79 Å². The number of rotatable bonds is 5. The number of nitrogens with one attached hydrogen (secondary N) is 1. The standard InChI is InChI=1S/C20H16N2O4/c1-14-4-2-3-5-18(14)21-20(23)13-11-17-10-12-19(26-17)15-6-8-16(9-7-15)22(24)25/h2-13H,1H3,(H,21,23)/b13-11-. The van der Waals surface area contributed by atoms with Gasteiger partial charge in [-0.1, -0.05) is 18.2 Å². The molecule has 0 spiro atoms. The molecule has 0 aliphatic heterocycles. The highest BCUT2D eigenvalue weighted by atomic mass is 16.6. The van der Waals surface area contributed by atoms with Crippen LogP contribution >= 0.6 is 0 Å². The van der Waals surface area contributed by atoms with Gasteiger partial charge in [-0.05, 0) is 48.9 Å². The highest BCUT2D eigenvalue weighted by Crippen LogP contribution is 2.25. The van der Waals surface area contributed by atoms with Crippen molar-refractivity contribution in [3.8, 4) is 11.3 Å². The first-order valence-electron chi connectivity index (χ1n) is 7.92. The Morgan fingerprint density at radius 3 is 2.50 bits per heavy atom. The van der Waals surface area contributed by atoms with E-state index in [1.807, 2.05) is 31.2 Å². The lowest BCUT2D eigenvalue weighted by atomic mass is 10.1. The van der Waals surface area contributed by atoms with Gasteiger partial charge in [0.1, 0.15) is 11.5 Å². The molecule has 26 heavy (non-hydrogen) atoms. The molecule has 0 saturated heterocycles. The van der Waals surface area contributed by atoms with Gasteiger partial charge in [-0.2, -0.15) is 0 Å². The SMILES string of the molecule is Cc1ccccc1NC(=O)/C=C\c1ccc(-c2ccc([N+](=O)[O-])cc2)o1. The van der Waals surface area contributed by atoms with Gasteiger partial charge in [0.2, 0.25) is 5.91 Å². The zero-order valence-electron chi connectivity index (χ0n) is 14.0. The first-order valence-corrected chi connectivity index (χ1v) is 7.92. The van der Waals surface area contributed by atoms with E-state index in [1.54, 1.807) is 30.3 Å². The van der Waals surface area contributed by atoms with Gasteiger partial charge in [-0.25, -0.2) is 0 Å². The molecule has 2 aromatic carbocycles. The van der Waals surface area contributed by atoms with Crippen molar-refractivity contribution in [3.63, 3.8) is 0 Å². The summed E-state index contributed by atoms with van der Waals surface area (Å²) in [5.74, 6) is 0.824. The van der Waals surface area contributed by atoms with Crippen LogP contribution in [0.15, 0.2) is 71.2 Å². The van der Waals surface area contributed by atoms with E-state index in [9.17, 15) is 14.9 Å². The van der Waals surface area contributed by atoms with Crippen LogP contribution in [0.25, 0.3) is 17.4 Å². The average Bonchev–Trinajstić information content (AvgIpc) is 3.11. The second-order valence-electron chi connectivity index (χ2n) is 5.64. The lowest BCUT2D eigenvalue weighted by molar-refractivity contribution is -0.384. The topological polar surface area (TPSA) is 85.4 Å². The number of non-ortho nitro benzene ring substituents is 1. The van der Waals surface area contributed by atoms with E-state index in [0.29, 0.717) is 11.5 Å². The zero-order valence-corrected chi connectivity index (χ0v) is 14.0. The summed E-state index contributed by atoms with van der Waals surface area (Å²) in [5.41, 5.74) is 2.48. The van der Waals surface area contributed by atoms with Crippen molar-refractivity contribution < 1.29 is 14.1 Å². The third-order valence-electron chi connectivity index (χ3n) is 3.79. The van der Waals surface area contributed by atoms with Gasteiger partial charge in [-0.15, -0.1) is 0 Å². The molecule has 6 heteroatoms. The van der Waals surface area contributed by atoms with Crippen LogP contribution in [0.2, 0.25) is 0 Å². The molecule has 130 valence electrons. The predicted molar refractivity (Wildman–Crippen MR) is 99.6 cm³/mol. The minimum Gasteiger partial charge on any atom is -0.457 e. The van der Waals surface area contributed by atoms with Crippen LogP contribution in [0.3, 0.4) is 0 Å². The quantitative estimate of drug-likeness (QED) is 0.407. The minimum absolute atomic E-state index is 0.0216. The van der Waals surface area contributed by atoms with Crippen molar-refractivity contribution in [2.75, 3.05) is 5.32 Å². The fraction of sp³-hybridized carbons (Fsp3) is 0.0500. The first kappa shape index (κ1) is 17.2. The van der Waals surface area contributed by atoms with E-state index in [2.05, 4.69) is 5.32 Å². The number of hydrogen-bond acceptors (Lipinski definition) is 4. The number of benzene rings is 2. The molecule has 1 heterocycles. The highest BCUT2D eigenvalue weighted by Gasteiger charge is 2.08. The third kappa shape index (κ3) is 4.05. The molecule has 1 N–H and O–H groups in total. The summed E-state index contributed by atoms with van der Waals surface area (Å²) >= 11 is 0. The number of hydrogen-bond donors (Lipinski definition) is 1. The summed E-state index contributed by atoms with van der Waals surface area (Å²) < 4.78 is 5.66. The highest BCUT2D eigenvalue weighted by molar-refractivity contribution is 6.02. The fourth-order valence-electron chi connectivity index (χ4n) is 2.39. The van der Waals surface area contributed by atoms with E-state index in [4.69, 9.17) is 4.42 Å². The van der Waals surface area contributed by atoms with Gasteiger partial charge in [0.15, 0.2) is 0 Å². The predicted octanol–water partition coefficient (Wildman–Crippen LogP) is 4.82. The molecule has 0 aliphatic rings. The van der Waals surface area contributed by atoms with Gasteiger partial charge in [0.05, 0.1) is 4.92 Å². The maximum atomic E-state index is 12.0. The van der Waals surface area contributed by atoms with E-state index in [-0.39, 0.29) is 11.6 Å². The Balaban J connectivity index is 1.68. The maximum absolute atomic E-state index is 12.0. The van der Waals surface area contributed by atoms with E-state index in [0.717, 1.165) is 16.8 Å². The molecule has 0 saturated carbocycles. The summed E-state index contributed by atoms with van der Waals surface area (Å²) in [7, 11) is 0. The minimum atomic E-state index is -0.451. The number of nitrogens with zero attached hydrogens (tertiary/aromatic N) is 1. The Labute approximate surface area is 149 Å². The molecule has 1 amide bonds. The van der Waals surface area contributed by atoms with Gasteiger partial charge in [0, 0.05) is 29.5 Å². The smallest absolute Gasteiger partial charge is 0.269 e. The molecule has 0 radical (unpaired) electrons. The molecule has 6 nitrogen and oxygen atoms in total. The van der Waals surface area contributed by atoms with Crippen LogP contribution in [0.4, 0.5) is 11.4 Å². The van der Waals surface area contributed by atoms with Crippen molar-refractivity contribution >= 4 is 23.4 Å². The van der Waals surface area contributed by atoms with Crippen LogP contribution in [0, 0.1) is 17.0 Å². The number of nitro groups is 1. The molecule has 0 unspecified atom stereocenters. The molecule has 0 atom stereocenters. The van der Waals surface area contributed by atoms with Crippen LogP contribution in [0.1, 0.15) is 11.3 Å². The zero-order chi connectivity index (χ0) is 18.5. The van der Waals surface area contributed by atoms with Crippen molar-refractivity contribution in [2.24, 2.45) is 0 Å². The molecule has 0 bridgehead atoms. The molecule has 3 aromatic rings. The lowest BCUT2D eigenvalue weighted by Gasteiger charge is -2.04. The average molecular weight is 348 g/mol. The number of anilines is 1. The second kappa shape index (κ2) is 7.48. The van der Waals surface area contributed by atoms with Crippen LogP contribution in [0.5, 0.6) is 0 Å². The van der Waals surface area contributed by atoms with Crippen molar-refractivity contribution in [3.05, 3.63) is 88.2 Å². The van der Waals surface area contributed by atoms with Gasteiger partial charge in [-0.3, -0.25) is 14.9 Å². The second-order valence-corrected chi connectivity index (χ2v) is 5.64. The van der Waals surface area contributed by atoms with Gasteiger partial charge >= 0.3 is 0 Å². The van der Waals surface area contributed by atoms with Crippen LogP contribution in [-0.4, -0.2) is 10.8 Å². The Kier molecular flexibility index (Phi) is 4.94. The molecule has 3 rings (SSSR count). The summed E-state index contributed by atoms with van der Waals surface area (Å²) in [6, 6.07) is 17.1. The molecule has 1 aromatic heterocycles. The summed E-state index contributed by atoms with van der Waals surface area (Å²) in [5, 5.41) is 13.5. The number of carbonyl (C=O) groups excluding carboxylic acids is 1. The summed E-state index contributed by atoms with van der Waals surface area (Å²) in [6.07, 6.45) is 2.97. The monoisotopic (exact) mass is 348 g/mol. The number of nitro benzene ring substituents is 1. The lowest BCUT2D eigenvalue weighted by Crippen LogP contribution is -2.08. The molecular formula is C20H16N2O4.